The number of aryl methyl sites for hydroxylation is 2. The summed E-state index contributed by atoms with van der Waals surface area (Å²) in [4.78, 5) is 41.0. The minimum absolute atomic E-state index is 0.209. The van der Waals surface area contributed by atoms with Crippen LogP contribution < -0.4 is 14.8 Å². The van der Waals surface area contributed by atoms with Gasteiger partial charge in [-0.05, 0) is 62.4 Å². The number of benzene rings is 2. The second-order valence-corrected chi connectivity index (χ2v) is 10.1. The summed E-state index contributed by atoms with van der Waals surface area (Å²) in [5.41, 5.74) is 2.99. The van der Waals surface area contributed by atoms with E-state index in [1.807, 2.05) is 73.0 Å². The van der Waals surface area contributed by atoms with Crippen LogP contribution in [-0.2, 0) is 23.3 Å². The molecule has 1 N–H and O–H groups in total. The molecule has 190 valence electrons. The number of Topliss-reactive ketones (excluding diaryl/α,β-unsaturated/α-hetero) is 1. The molecule has 1 fully saturated rings. The van der Waals surface area contributed by atoms with Gasteiger partial charge in [-0.25, -0.2) is 4.79 Å². The van der Waals surface area contributed by atoms with Gasteiger partial charge in [-0.3, -0.25) is 14.5 Å². The number of ether oxygens (including phenoxy) is 2. The summed E-state index contributed by atoms with van der Waals surface area (Å²) in [6.45, 7) is 4.44. The molecular weight excluding hydrogens is 470 g/mol. The fraction of sp³-hybridized carbons (Fsp3) is 0.345. The number of hydrogen-bond donors (Lipinski definition) is 1. The molecule has 0 unspecified atom stereocenters. The van der Waals surface area contributed by atoms with E-state index in [0.29, 0.717) is 30.9 Å². The maximum Gasteiger partial charge on any atom is 0.325 e. The number of imide groups is 1. The second kappa shape index (κ2) is 8.80. The molecule has 1 spiro atoms. The van der Waals surface area contributed by atoms with Crippen LogP contribution in [0, 0.1) is 13.8 Å². The minimum atomic E-state index is -1.09. The molecule has 1 aliphatic carbocycles. The largest absolute Gasteiger partial charge is 0.486 e. The van der Waals surface area contributed by atoms with Crippen LogP contribution in [-0.4, -0.2) is 46.4 Å². The van der Waals surface area contributed by atoms with Crippen LogP contribution in [0.4, 0.5) is 4.79 Å². The molecule has 3 aromatic rings. The zero-order chi connectivity index (χ0) is 25.7. The van der Waals surface area contributed by atoms with Gasteiger partial charge in [0.1, 0.15) is 12.1 Å². The fourth-order valence-corrected chi connectivity index (χ4v) is 5.90. The van der Waals surface area contributed by atoms with Crippen molar-refractivity contribution in [2.45, 2.75) is 51.3 Å². The van der Waals surface area contributed by atoms with Crippen LogP contribution >= 0.6 is 0 Å². The van der Waals surface area contributed by atoms with Crippen molar-refractivity contribution in [3.05, 3.63) is 82.7 Å². The Balaban J connectivity index is 1.20. The average molecular weight is 500 g/mol. The van der Waals surface area contributed by atoms with E-state index >= 15 is 0 Å². The fourth-order valence-electron chi connectivity index (χ4n) is 5.90. The van der Waals surface area contributed by atoms with Crippen molar-refractivity contribution in [2.75, 3.05) is 13.2 Å². The zero-order valence-electron chi connectivity index (χ0n) is 21.0. The summed E-state index contributed by atoms with van der Waals surface area (Å²) in [6, 6.07) is 16.6. The molecule has 2 aliphatic heterocycles. The van der Waals surface area contributed by atoms with Gasteiger partial charge in [0.05, 0.1) is 13.1 Å². The van der Waals surface area contributed by atoms with Gasteiger partial charge in [-0.2, -0.15) is 0 Å². The zero-order valence-corrected chi connectivity index (χ0v) is 21.0. The third kappa shape index (κ3) is 3.79. The first kappa shape index (κ1) is 23.3. The van der Waals surface area contributed by atoms with Gasteiger partial charge in [-0.15, -0.1) is 0 Å². The molecule has 3 heterocycles. The quantitative estimate of drug-likeness (QED) is 0.425. The highest BCUT2D eigenvalue weighted by atomic mass is 16.6. The summed E-state index contributed by atoms with van der Waals surface area (Å²) in [7, 11) is 0. The number of fused-ring (bicyclic) bond motifs is 3. The second-order valence-electron chi connectivity index (χ2n) is 10.1. The lowest BCUT2D eigenvalue weighted by molar-refractivity contribution is -0.131. The number of carbonyl (C=O) groups excluding carboxylic acids is 3. The minimum Gasteiger partial charge on any atom is -0.486 e. The van der Waals surface area contributed by atoms with E-state index in [4.69, 9.17) is 9.47 Å². The Kier molecular flexibility index (Phi) is 5.55. The van der Waals surface area contributed by atoms with Gasteiger partial charge >= 0.3 is 6.03 Å². The summed E-state index contributed by atoms with van der Waals surface area (Å²) >= 11 is 0. The molecule has 0 radical (unpaired) electrons. The first-order valence-corrected chi connectivity index (χ1v) is 12.7. The Morgan fingerprint density at radius 2 is 1.84 bits per heavy atom. The van der Waals surface area contributed by atoms with Gasteiger partial charge in [0, 0.05) is 17.0 Å². The lowest BCUT2D eigenvalue weighted by atomic mass is 9.76. The maximum atomic E-state index is 13.6. The number of urea groups is 1. The Morgan fingerprint density at radius 1 is 1.08 bits per heavy atom. The van der Waals surface area contributed by atoms with Crippen molar-refractivity contribution in [3.63, 3.8) is 0 Å². The van der Waals surface area contributed by atoms with Gasteiger partial charge in [0.15, 0.2) is 23.4 Å². The summed E-state index contributed by atoms with van der Waals surface area (Å²) in [6.07, 6.45) is 1.98. The molecule has 8 nitrogen and oxygen atoms in total. The highest BCUT2D eigenvalue weighted by molar-refractivity contribution is 6.11. The molecule has 1 aromatic heterocycles. The number of rotatable bonds is 5. The predicted octanol–water partition coefficient (Wildman–Crippen LogP) is 3.91. The van der Waals surface area contributed by atoms with Gasteiger partial charge in [0.25, 0.3) is 5.91 Å². The number of hydrogen-bond acceptors (Lipinski definition) is 5. The molecular formula is C29H29N3O5. The van der Waals surface area contributed by atoms with E-state index in [-0.39, 0.29) is 24.3 Å². The highest BCUT2D eigenvalue weighted by Crippen LogP contribution is 2.40. The van der Waals surface area contributed by atoms with E-state index in [1.54, 1.807) is 0 Å². The lowest BCUT2D eigenvalue weighted by Crippen LogP contribution is -2.46. The maximum absolute atomic E-state index is 13.6. The van der Waals surface area contributed by atoms with Crippen molar-refractivity contribution >= 4 is 17.7 Å². The topological polar surface area (TPSA) is 89.9 Å². The average Bonchev–Trinajstić information content (AvgIpc) is 3.31. The van der Waals surface area contributed by atoms with E-state index in [9.17, 15) is 14.4 Å². The third-order valence-electron chi connectivity index (χ3n) is 7.78. The number of amides is 3. The van der Waals surface area contributed by atoms with E-state index in [2.05, 4.69) is 5.32 Å². The van der Waals surface area contributed by atoms with Crippen LogP contribution in [0.3, 0.4) is 0 Å². The molecule has 8 heteroatoms. The molecule has 0 saturated carbocycles. The number of aromatic nitrogens is 1. The molecule has 1 saturated heterocycles. The summed E-state index contributed by atoms with van der Waals surface area (Å²) < 4.78 is 14.0. The van der Waals surface area contributed by atoms with Crippen LogP contribution in [0.1, 0.15) is 45.7 Å². The van der Waals surface area contributed by atoms with Gasteiger partial charge in [0.2, 0.25) is 0 Å². The molecule has 2 atom stereocenters. The monoisotopic (exact) mass is 499 g/mol. The third-order valence-corrected chi connectivity index (χ3v) is 7.78. The molecule has 3 aliphatic rings. The van der Waals surface area contributed by atoms with Crippen LogP contribution in [0.25, 0.3) is 0 Å². The number of carbonyl (C=O) groups is 3. The summed E-state index contributed by atoms with van der Waals surface area (Å²) in [5, 5.41) is 2.93. The van der Waals surface area contributed by atoms with Crippen molar-refractivity contribution in [1.82, 2.24) is 14.8 Å². The molecule has 2 aromatic carbocycles. The van der Waals surface area contributed by atoms with E-state index in [0.717, 1.165) is 46.0 Å². The van der Waals surface area contributed by atoms with Crippen molar-refractivity contribution in [2.24, 2.45) is 0 Å². The normalized spacial score (nSPS) is 22.2. The Morgan fingerprint density at radius 3 is 2.68 bits per heavy atom. The Hall–Kier alpha value is -4.07. The number of ketones is 1. The smallest absolute Gasteiger partial charge is 0.325 e. The van der Waals surface area contributed by atoms with E-state index < -0.39 is 11.6 Å². The summed E-state index contributed by atoms with van der Waals surface area (Å²) in [5.74, 6) is 0.810. The molecule has 3 amide bonds. The van der Waals surface area contributed by atoms with Crippen molar-refractivity contribution in [1.29, 1.82) is 0 Å². The predicted molar refractivity (Wildman–Crippen MR) is 136 cm³/mol. The number of nitrogens with one attached hydrogen (secondary N) is 1. The molecule has 37 heavy (non-hydrogen) atoms. The highest BCUT2D eigenvalue weighted by Gasteiger charge is 2.54. The number of para-hydroxylation sites is 2. The van der Waals surface area contributed by atoms with Crippen molar-refractivity contribution < 1.29 is 23.9 Å². The Labute approximate surface area is 215 Å². The van der Waals surface area contributed by atoms with E-state index in [1.165, 1.54) is 0 Å². The molecule has 6 rings (SSSR count). The SMILES string of the molecule is Cc1cc(C(=O)CN2C(=O)N[C@]3(CCCc4ccccc43)C2=O)c(C)n1C[C@@H]1COc2ccccc2O1. The van der Waals surface area contributed by atoms with Crippen molar-refractivity contribution in [3.8, 4) is 11.5 Å². The molecule has 0 bridgehead atoms. The number of nitrogens with zero attached hydrogens (tertiary/aromatic N) is 2. The van der Waals surface area contributed by atoms with Crippen LogP contribution in [0.15, 0.2) is 54.6 Å². The lowest BCUT2D eigenvalue weighted by Gasteiger charge is -2.33. The first-order valence-electron chi connectivity index (χ1n) is 12.7. The first-order chi connectivity index (χ1) is 17.9. The Bertz CT molecular complexity index is 1430. The van der Waals surface area contributed by atoms with Gasteiger partial charge < -0.3 is 19.4 Å². The van der Waals surface area contributed by atoms with Crippen LogP contribution in [0.2, 0.25) is 0 Å². The standard InChI is InChI=1S/C29H29N3O5/c1-18-14-22(19(2)31(18)15-21-17-36-25-11-5-6-12-26(25)37-21)24(33)16-32-27(34)29(30-28(32)35)13-7-9-20-8-3-4-10-23(20)29/h3-6,8,10-12,14,21H,7,9,13,15-17H2,1-2H3,(H,30,35)/t21-,29+/m1/s1. The van der Waals surface area contributed by atoms with Gasteiger partial charge in [-0.1, -0.05) is 36.4 Å². The van der Waals surface area contributed by atoms with Crippen LogP contribution in [0.5, 0.6) is 11.5 Å².